The molecule has 0 spiro atoms. The number of ether oxygens (including phenoxy) is 1. The number of aliphatic hydroxyl groups is 2. The summed E-state index contributed by atoms with van der Waals surface area (Å²) in [7, 11) is 1.64. The Morgan fingerprint density at radius 1 is 1.25 bits per heavy atom. The first kappa shape index (κ1) is 21.9. The molecule has 1 aliphatic carbocycles. The van der Waals surface area contributed by atoms with Crippen molar-refractivity contribution in [3.63, 3.8) is 0 Å². The van der Waals surface area contributed by atoms with Gasteiger partial charge in [0, 0.05) is 24.6 Å². The minimum atomic E-state index is -0.749. The van der Waals surface area contributed by atoms with Crippen LogP contribution in [-0.2, 0) is 11.2 Å². The molecular formula is C21H25ClN2O4. The van der Waals surface area contributed by atoms with Crippen molar-refractivity contribution in [2.24, 2.45) is 10.9 Å². The molecule has 1 unspecified atom stereocenters. The Hall–Kier alpha value is -2.41. The molecule has 28 heavy (non-hydrogen) atoms. The molecule has 0 bridgehead atoms. The Kier molecular flexibility index (Phi) is 7.57. The lowest BCUT2D eigenvalue weighted by molar-refractivity contribution is -0.113. The molecule has 3 N–H and O–H groups in total. The monoisotopic (exact) mass is 404 g/mol. The molecule has 2 aliphatic rings. The average Bonchev–Trinajstić information content (AvgIpc) is 2.67. The van der Waals surface area contributed by atoms with Crippen molar-refractivity contribution in [2.45, 2.75) is 25.5 Å². The molecule has 150 valence electrons. The topological polar surface area (TPSA) is 91.2 Å². The number of aliphatic imine (C=N–C) groups is 1. The molecule has 1 amide bonds. The van der Waals surface area contributed by atoms with Crippen LogP contribution in [0.2, 0.25) is 0 Å². The summed E-state index contributed by atoms with van der Waals surface area (Å²) >= 11 is 0. The van der Waals surface area contributed by atoms with E-state index in [2.05, 4.69) is 17.2 Å². The summed E-state index contributed by atoms with van der Waals surface area (Å²) in [5, 5.41) is 23.9. The van der Waals surface area contributed by atoms with Crippen LogP contribution in [0, 0.1) is 5.92 Å². The van der Waals surface area contributed by atoms with Crippen LogP contribution >= 0.6 is 12.4 Å². The lowest BCUT2D eigenvalue weighted by Crippen LogP contribution is -2.39. The molecule has 1 heterocycles. The van der Waals surface area contributed by atoms with Crippen LogP contribution in [0.15, 0.2) is 64.9 Å². The van der Waals surface area contributed by atoms with Gasteiger partial charge in [-0.15, -0.1) is 12.4 Å². The Bertz CT molecular complexity index is 827. The van der Waals surface area contributed by atoms with E-state index in [9.17, 15) is 15.0 Å². The van der Waals surface area contributed by atoms with E-state index in [0.717, 1.165) is 12.2 Å². The number of dihydropyridines is 1. The number of benzene rings is 1. The number of rotatable bonds is 7. The number of halogens is 1. The fraction of sp³-hybridized carbons (Fsp3) is 0.333. The molecule has 3 atom stereocenters. The van der Waals surface area contributed by atoms with Gasteiger partial charge >= 0.3 is 0 Å². The first-order valence-electron chi connectivity index (χ1n) is 8.94. The number of hydrogen-bond acceptors (Lipinski definition) is 5. The molecule has 6 nitrogen and oxygen atoms in total. The van der Waals surface area contributed by atoms with E-state index in [1.54, 1.807) is 19.3 Å². The molecule has 0 saturated carbocycles. The Morgan fingerprint density at radius 2 is 1.96 bits per heavy atom. The van der Waals surface area contributed by atoms with Crippen LogP contribution in [0.5, 0.6) is 5.75 Å². The zero-order valence-corrected chi connectivity index (χ0v) is 16.6. The summed E-state index contributed by atoms with van der Waals surface area (Å²) < 4.78 is 5.16. The van der Waals surface area contributed by atoms with Gasteiger partial charge in [-0.3, -0.25) is 4.79 Å². The van der Waals surface area contributed by atoms with Crippen molar-refractivity contribution in [2.75, 3.05) is 13.7 Å². The molecular weight excluding hydrogens is 380 g/mol. The van der Waals surface area contributed by atoms with E-state index < -0.39 is 12.0 Å². The second-order valence-corrected chi connectivity index (χ2v) is 6.77. The van der Waals surface area contributed by atoms with Crippen molar-refractivity contribution < 1.29 is 19.7 Å². The molecule has 0 aromatic heterocycles. The number of fused-ring (bicyclic) bond motifs is 1. The number of allylic oxidation sites excluding steroid dienone is 4. The Labute approximate surface area is 170 Å². The van der Waals surface area contributed by atoms with Gasteiger partial charge in [0.05, 0.1) is 18.9 Å². The highest BCUT2D eigenvalue weighted by Gasteiger charge is 2.31. The predicted molar refractivity (Wildman–Crippen MR) is 111 cm³/mol. The van der Waals surface area contributed by atoms with E-state index in [4.69, 9.17) is 4.74 Å². The maximum absolute atomic E-state index is 11.5. The molecule has 0 saturated heterocycles. The van der Waals surface area contributed by atoms with Gasteiger partial charge in [-0.05, 0) is 42.7 Å². The van der Waals surface area contributed by atoms with Crippen molar-refractivity contribution in [1.82, 2.24) is 5.32 Å². The zero-order chi connectivity index (χ0) is 19.4. The van der Waals surface area contributed by atoms with Gasteiger partial charge in [0.1, 0.15) is 11.5 Å². The maximum atomic E-state index is 11.5. The number of nitrogens with zero attached hydrogens (tertiary/aromatic N) is 1. The quantitative estimate of drug-likeness (QED) is 0.649. The number of aliphatic hydroxyl groups excluding tert-OH is 2. The number of methoxy groups -OCH3 is 1. The van der Waals surface area contributed by atoms with Crippen molar-refractivity contribution >= 4 is 24.0 Å². The first-order valence-corrected chi connectivity index (χ1v) is 8.94. The standard InChI is InChI=1S/C21H24N2O4.ClH/c1-13(11-14-3-5-15(27-2)6-4-14)22-12-19(25)16-7-9-18(24)21-17(16)8-10-20(26)23-21;/h3-10,13,17,19,22,24-25H,11-12H2,1-2H3;1H/t13-,17?,19+;/m1./s1. The van der Waals surface area contributed by atoms with Gasteiger partial charge in [-0.2, -0.15) is 0 Å². The highest BCUT2D eigenvalue weighted by molar-refractivity contribution is 6.13. The van der Waals surface area contributed by atoms with Crippen LogP contribution in [-0.4, -0.2) is 47.6 Å². The highest BCUT2D eigenvalue weighted by Crippen LogP contribution is 2.28. The molecule has 3 rings (SSSR count). The number of carbonyl (C=O) groups is 1. The lowest BCUT2D eigenvalue weighted by atomic mass is 9.83. The van der Waals surface area contributed by atoms with Gasteiger partial charge in [0.25, 0.3) is 5.91 Å². The Balaban J connectivity index is 0.00000280. The fourth-order valence-electron chi connectivity index (χ4n) is 3.28. The van der Waals surface area contributed by atoms with Crippen molar-refractivity contribution in [3.8, 4) is 5.75 Å². The van der Waals surface area contributed by atoms with E-state index in [1.165, 1.54) is 17.7 Å². The van der Waals surface area contributed by atoms with Crippen molar-refractivity contribution in [3.05, 3.63) is 65.5 Å². The molecule has 1 aliphatic heterocycles. The van der Waals surface area contributed by atoms with Crippen LogP contribution in [0.1, 0.15) is 12.5 Å². The molecule has 1 aromatic carbocycles. The van der Waals surface area contributed by atoms with E-state index in [-0.39, 0.29) is 30.1 Å². The van der Waals surface area contributed by atoms with Gasteiger partial charge in [0.15, 0.2) is 0 Å². The van der Waals surface area contributed by atoms with Gasteiger partial charge in [-0.1, -0.05) is 24.3 Å². The third-order valence-corrected chi connectivity index (χ3v) is 4.76. The number of amides is 1. The summed E-state index contributed by atoms with van der Waals surface area (Å²) in [4.78, 5) is 15.3. The second kappa shape index (κ2) is 9.68. The molecule has 0 radical (unpaired) electrons. The molecule has 7 heteroatoms. The maximum Gasteiger partial charge on any atom is 0.269 e. The summed E-state index contributed by atoms with van der Waals surface area (Å²) in [6, 6.07) is 8.08. The fourth-order valence-corrected chi connectivity index (χ4v) is 3.28. The SMILES string of the molecule is COc1ccc(C[C@@H](C)NC[C@H](O)C2=CC=C(O)C3=NC(=O)C=CC23)cc1.Cl. The molecule has 0 fully saturated rings. The number of nitrogens with one attached hydrogen (secondary N) is 1. The number of carbonyl (C=O) groups excluding carboxylic acids is 1. The second-order valence-electron chi connectivity index (χ2n) is 6.77. The summed E-state index contributed by atoms with van der Waals surface area (Å²) in [5.41, 5.74) is 2.18. The smallest absolute Gasteiger partial charge is 0.269 e. The third kappa shape index (κ3) is 5.10. The third-order valence-electron chi connectivity index (χ3n) is 4.76. The van der Waals surface area contributed by atoms with Crippen LogP contribution in [0.4, 0.5) is 0 Å². The Morgan fingerprint density at radius 3 is 2.64 bits per heavy atom. The van der Waals surface area contributed by atoms with Crippen LogP contribution < -0.4 is 10.1 Å². The normalized spacial score (nSPS) is 20.2. The van der Waals surface area contributed by atoms with Crippen molar-refractivity contribution in [1.29, 1.82) is 0 Å². The highest BCUT2D eigenvalue weighted by atomic mass is 35.5. The number of hydrogen-bond donors (Lipinski definition) is 3. The van der Waals surface area contributed by atoms with E-state index in [0.29, 0.717) is 17.8 Å². The van der Waals surface area contributed by atoms with Gasteiger partial charge in [0.2, 0.25) is 0 Å². The summed E-state index contributed by atoms with van der Waals surface area (Å²) in [6.45, 7) is 2.42. The molecule has 1 aromatic rings. The largest absolute Gasteiger partial charge is 0.506 e. The summed E-state index contributed by atoms with van der Waals surface area (Å²) in [6.07, 6.45) is 6.28. The predicted octanol–water partition coefficient (Wildman–Crippen LogP) is 2.53. The summed E-state index contributed by atoms with van der Waals surface area (Å²) in [5.74, 6) is 0.0193. The van der Waals surface area contributed by atoms with E-state index >= 15 is 0 Å². The van der Waals surface area contributed by atoms with Crippen LogP contribution in [0.3, 0.4) is 0 Å². The van der Waals surface area contributed by atoms with E-state index in [1.807, 2.05) is 24.3 Å². The lowest BCUT2D eigenvalue weighted by Gasteiger charge is -2.28. The first-order chi connectivity index (χ1) is 13.0. The minimum Gasteiger partial charge on any atom is -0.506 e. The van der Waals surface area contributed by atoms with Gasteiger partial charge in [-0.25, -0.2) is 4.99 Å². The minimum absolute atomic E-state index is 0. The average molecular weight is 405 g/mol. The zero-order valence-electron chi connectivity index (χ0n) is 15.8. The van der Waals surface area contributed by atoms with Gasteiger partial charge < -0.3 is 20.3 Å². The van der Waals surface area contributed by atoms with Crippen LogP contribution in [0.25, 0.3) is 0 Å².